The predicted molar refractivity (Wildman–Crippen MR) is 327 cm³/mol. The highest BCUT2D eigenvalue weighted by molar-refractivity contribution is 5.99. The molecule has 0 saturated heterocycles. The van der Waals surface area contributed by atoms with E-state index in [-0.39, 0.29) is 106 Å². The number of nitrogens with zero attached hydrogens (tertiary/aromatic N) is 8. The number of H-pyrrole nitrogens is 2. The topological polar surface area (TPSA) is 499 Å². The molecule has 12 N–H and O–H groups in total. The molecule has 0 radical (unpaired) electrons. The van der Waals surface area contributed by atoms with Gasteiger partial charge in [-0.1, -0.05) is 46.7 Å². The van der Waals surface area contributed by atoms with Crippen molar-refractivity contribution in [3.8, 4) is 22.8 Å². The lowest BCUT2D eigenvalue weighted by molar-refractivity contribution is 0.0918. The number of halogens is 2. The molecule has 2 atom stereocenters. The lowest BCUT2D eigenvalue weighted by atomic mass is 10.0. The van der Waals surface area contributed by atoms with Gasteiger partial charge in [0.15, 0.2) is 11.6 Å². The molecule has 0 fully saturated rings. The van der Waals surface area contributed by atoms with Crippen molar-refractivity contribution >= 4 is 57.9 Å². The summed E-state index contributed by atoms with van der Waals surface area (Å²) < 4.78 is 49.1. The van der Waals surface area contributed by atoms with E-state index in [9.17, 15) is 66.3 Å². The molecule has 6 aromatic heterocycles. The quantitative estimate of drug-likeness (QED) is 0.0526. The summed E-state index contributed by atoms with van der Waals surface area (Å²) in [4.78, 5) is 160. The Morgan fingerprint density at radius 1 is 0.500 bits per heavy atom. The van der Waals surface area contributed by atoms with E-state index in [0.29, 0.717) is 47.9 Å². The Morgan fingerprint density at radius 2 is 0.938 bits per heavy atom. The van der Waals surface area contributed by atoms with E-state index in [4.69, 9.17) is 16.0 Å². The van der Waals surface area contributed by atoms with Crippen LogP contribution in [0, 0.1) is 11.6 Å². The number of nitrogen functional groups attached to an aromatic ring is 2. The van der Waals surface area contributed by atoms with Gasteiger partial charge in [0, 0.05) is 48.4 Å². The number of carbonyl (C=O) groups excluding carboxylic acids is 4. The molecule has 484 valence electrons. The highest BCUT2D eigenvalue weighted by Gasteiger charge is 2.31. The smallest absolute Gasteiger partial charge is 0.394 e. The Bertz CT molecular complexity index is 5620. The highest BCUT2D eigenvalue weighted by atomic mass is 19.1. The van der Waals surface area contributed by atoms with Crippen molar-refractivity contribution in [2.45, 2.75) is 63.9 Å². The van der Waals surface area contributed by atoms with Crippen molar-refractivity contribution < 1.29 is 46.1 Å². The van der Waals surface area contributed by atoms with Gasteiger partial charge in [-0.05, 0) is 118 Å². The van der Waals surface area contributed by atoms with Crippen molar-refractivity contribution in [2.24, 2.45) is 0 Å². The number of fused-ring (bicyclic) bond motifs is 4. The third-order valence-corrected chi connectivity index (χ3v) is 16.0. The van der Waals surface area contributed by atoms with Gasteiger partial charge in [0.2, 0.25) is 0 Å². The van der Waals surface area contributed by atoms with Crippen LogP contribution in [0.5, 0.6) is 0 Å². The molecule has 6 aromatic carbocycles. The molecule has 0 saturated carbocycles. The first-order chi connectivity index (χ1) is 46.1. The molecule has 36 heteroatoms. The number of hydrogen-bond acceptors (Lipinski definition) is 26. The molecule has 96 heavy (non-hydrogen) atoms. The molecule has 2 aliphatic carbocycles. The normalized spacial score (nSPS) is 13.9. The number of anilines is 4. The van der Waals surface area contributed by atoms with E-state index in [1.807, 2.05) is 12.1 Å². The van der Waals surface area contributed by atoms with Crippen LogP contribution in [0.3, 0.4) is 0 Å². The van der Waals surface area contributed by atoms with Crippen LogP contribution in [0.1, 0.15) is 111 Å². The molecular weight excluding hydrogens is 1270 g/mol. The molecule has 0 aliphatic heterocycles. The van der Waals surface area contributed by atoms with E-state index in [2.05, 4.69) is 86.0 Å². The van der Waals surface area contributed by atoms with Crippen molar-refractivity contribution in [3.05, 3.63) is 247 Å². The van der Waals surface area contributed by atoms with Gasteiger partial charge in [-0.15, -0.1) is 0 Å². The van der Waals surface area contributed by atoms with Gasteiger partial charge in [0.1, 0.15) is 57.2 Å². The summed E-state index contributed by atoms with van der Waals surface area (Å²) in [5.74, 6) is -7.46. The number of amides is 4. The molecular formula is C60H44F2N18O16. The fourth-order valence-corrected chi connectivity index (χ4v) is 11.1. The Labute approximate surface area is 528 Å². The number of aromatic amines is 2. The number of aryl methyl sites for hydroxylation is 2. The molecule has 12 aromatic rings. The van der Waals surface area contributed by atoms with Crippen molar-refractivity contribution in [2.75, 3.05) is 22.1 Å². The summed E-state index contributed by atoms with van der Waals surface area (Å²) in [6, 6.07) is 20.2. The summed E-state index contributed by atoms with van der Waals surface area (Å²) in [6.45, 7) is -0.507. The first kappa shape index (κ1) is 61.4. The monoisotopic (exact) mass is 1310 g/mol. The van der Waals surface area contributed by atoms with Gasteiger partial charge in [0.25, 0.3) is 56.9 Å². The molecule has 34 nitrogen and oxygen atoms in total. The number of carbonyl (C=O) groups is 4. The predicted octanol–water partition coefficient (Wildman–Crippen LogP) is 0.605. The van der Waals surface area contributed by atoms with Crippen LogP contribution in [-0.2, 0) is 39.0 Å². The zero-order valence-electron chi connectivity index (χ0n) is 48.9. The van der Waals surface area contributed by atoms with E-state index in [0.717, 1.165) is 43.2 Å². The summed E-state index contributed by atoms with van der Waals surface area (Å²) in [7, 11) is 0. The molecule has 4 amide bonds. The van der Waals surface area contributed by atoms with Gasteiger partial charge >= 0.3 is 23.0 Å². The Balaban J connectivity index is 0.000000174. The van der Waals surface area contributed by atoms with Crippen LogP contribution in [0.15, 0.2) is 141 Å². The number of aromatic nitrogens is 10. The Morgan fingerprint density at radius 3 is 1.39 bits per heavy atom. The van der Waals surface area contributed by atoms with E-state index >= 15 is 0 Å². The van der Waals surface area contributed by atoms with Crippen LogP contribution in [0.4, 0.5) is 31.5 Å². The minimum Gasteiger partial charge on any atom is -0.394 e. The minimum absolute atomic E-state index is 0.0840. The van der Waals surface area contributed by atoms with Crippen LogP contribution in [0.2, 0.25) is 0 Å². The zero-order chi connectivity index (χ0) is 67.4. The van der Waals surface area contributed by atoms with Gasteiger partial charge in [-0.3, -0.25) is 66.4 Å². The fourth-order valence-electron chi connectivity index (χ4n) is 11.1. The molecule has 0 spiro atoms. The lowest BCUT2D eigenvalue weighted by Gasteiger charge is -2.15. The maximum atomic E-state index is 14.5. The van der Waals surface area contributed by atoms with Crippen LogP contribution in [0.25, 0.3) is 34.3 Å². The number of nitrogens with one attached hydrogen (secondary N) is 8. The van der Waals surface area contributed by atoms with Crippen LogP contribution < -0.4 is 88.1 Å². The Hall–Kier alpha value is -13.4. The molecule has 14 rings (SSSR count). The first-order valence-electron chi connectivity index (χ1n) is 28.7. The summed E-state index contributed by atoms with van der Waals surface area (Å²) in [5, 5.41) is 30.9. The SMILES string of the molecule is Nc1c(NCc2cc(CNC(=O)c3cc(C(=O)N[C@H]4CCc5cc(-c6noc(=O)[nH]6)ccc54)n4c(=O)onc4n3)ccc2F)c(=O)c1=O.Nc1c(NCc2cc(CNC(=O)c3cc(C(=O)N[C@H]4CCc5cc(-c6noc(=O)[nH]6)ccc54)nc4noc(=O)n34)ccc2F)c(=O)c1=O. The second kappa shape index (κ2) is 24.6. The third kappa shape index (κ3) is 11.7. The van der Waals surface area contributed by atoms with E-state index < -0.39 is 92.1 Å². The molecule has 2 aliphatic rings. The number of nitrogens with two attached hydrogens (primary N) is 2. The molecule has 6 heterocycles. The van der Waals surface area contributed by atoms with Gasteiger partial charge < -0.3 is 43.4 Å². The second-order valence-electron chi connectivity index (χ2n) is 21.9. The lowest BCUT2D eigenvalue weighted by Crippen LogP contribution is -2.37. The third-order valence-electron chi connectivity index (χ3n) is 16.0. The average Bonchev–Trinajstić information content (AvgIpc) is 1.49. The maximum absolute atomic E-state index is 14.5. The summed E-state index contributed by atoms with van der Waals surface area (Å²) >= 11 is 0. The fraction of sp³-hybridized carbons (Fsp3) is 0.167. The van der Waals surface area contributed by atoms with Crippen LogP contribution >= 0.6 is 0 Å². The van der Waals surface area contributed by atoms with Crippen molar-refractivity contribution in [1.29, 1.82) is 0 Å². The highest BCUT2D eigenvalue weighted by Crippen LogP contribution is 2.35. The minimum atomic E-state index is -1.00. The summed E-state index contributed by atoms with van der Waals surface area (Å²) in [5.41, 5.74) is 12.2. The average molecular weight is 1310 g/mol. The maximum Gasteiger partial charge on any atom is 0.448 e. The molecule has 0 bridgehead atoms. The van der Waals surface area contributed by atoms with Gasteiger partial charge in [-0.25, -0.2) is 46.7 Å². The Kier molecular flexibility index (Phi) is 15.8. The second-order valence-corrected chi connectivity index (χ2v) is 21.9. The first-order valence-corrected chi connectivity index (χ1v) is 28.7. The van der Waals surface area contributed by atoms with Gasteiger partial charge in [-0.2, -0.15) is 0 Å². The standard InChI is InChI=1S/2C30H22FN9O8/c31-17-5-1-12(7-15(17)11-33-22-21(32)23(41)24(22)42)10-34-27(44)20-9-19(36-28-39-48-30(46)40(20)28)26(43)35-18-6-3-13-8-14(2-4-16(13)18)25-37-29(45)47-38-25;31-17-5-1-12(7-15(17)11-33-22-21(32)23(41)24(22)42)10-34-26(43)19-9-20(40-28(36-19)39-48-30(40)46)27(44)35-18-6-3-13-8-14(2-4-16(13)18)25-37-29(45)47-38-25/h1-2,4-5,7-9,18,33H,3,6,10-11,32H2,(H,34,44)(H,35,43)(H,37,38,45);1-2,4-5,7-9,18,33H,3,6,10-11,32H2,(H,34,43)(H,35,44)(H,37,38,45)/t2*18-/m00/s1. The largest absolute Gasteiger partial charge is 0.448 e. The van der Waals surface area contributed by atoms with Crippen LogP contribution in [-0.4, -0.2) is 73.0 Å². The molecule has 0 unspecified atom stereocenters. The van der Waals surface area contributed by atoms with E-state index in [1.54, 1.807) is 24.3 Å². The summed E-state index contributed by atoms with van der Waals surface area (Å²) in [6.07, 6.45) is 2.33. The number of hydrogen-bond donors (Lipinski definition) is 10. The van der Waals surface area contributed by atoms with Gasteiger partial charge in [0.05, 0.1) is 12.1 Å². The van der Waals surface area contributed by atoms with Crippen molar-refractivity contribution in [3.63, 3.8) is 0 Å². The number of rotatable bonds is 18. The van der Waals surface area contributed by atoms with E-state index in [1.165, 1.54) is 36.4 Å². The zero-order valence-corrected chi connectivity index (χ0v) is 48.9. The number of benzene rings is 4. The van der Waals surface area contributed by atoms with Crippen molar-refractivity contribution in [1.82, 2.24) is 70.6 Å².